The number of methoxy groups -OCH3 is 1. The lowest BCUT2D eigenvalue weighted by Gasteiger charge is -2.29. The highest BCUT2D eigenvalue weighted by atomic mass is 16.5. The van der Waals surface area contributed by atoms with E-state index in [0.29, 0.717) is 6.04 Å². The Balaban J connectivity index is 1.86. The van der Waals surface area contributed by atoms with Gasteiger partial charge in [-0.1, -0.05) is 30.3 Å². The first kappa shape index (κ1) is 15.3. The lowest BCUT2D eigenvalue weighted by molar-refractivity contribution is 0.281. The zero-order valence-electron chi connectivity index (χ0n) is 14.4. The third-order valence-corrected chi connectivity index (χ3v) is 5.15. The summed E-state index contributed by atoms with van der Waals surface area (Å²) >= 11 is 0. The molecule has 0 spiro atoms. The Bertz CT molecular complexity index is 829. The molecule has 24 heavy (non-hydrogen) atoms. The molecule has 1 fully saturated rings. The molecule has 1 aromatic heterocycles. The quantitative estimate of drug-likeness (QED) is 0.756. The van der Waals surface area contributed by atoms with Gasteiger partial charge < -0.3 is 9.72 Å². The Kier molecular flexibility index (Phi) is 4.03. The molecule has 3 heteroatoms. The van der Waals surface area contributed by atoms with E-state index < -0.39 is 0 Å². The average molecular weight is 320 g/mol. The lowest BCUT2D eigenvalue weighted by atomic mass is 9.94. The number of benzene rings is 2. The Morgan fingerprint density at radius 2 is 1.71 bits per heavy atom. The Morgan fingerprint density at radius 1 is 1.00 bits per heavy atom. The van der Waals surface area contributed by atoms with E-state index in [4.69, 9.17) is 4.74 Å². The van der Waals surface area contributed by atoms with Crippen molar-refractivity contribution < 1.29 is 4.74 Å². The molecular weight excluding hydrogens is 296 g/mol. The molecule has 0 bridgehead atoms. The average Bonchev–Trinajstić information content (AvgIpc) is 3.25. The van der Waals surface area contributed by atoms with Gasteiger partial charge in [0.2, 0.25) is 0 Å². The molecule has 0 saturated carbocycles. The van der Waals surface area contributed by atoms with Crippen LogP contribution in [0.5, 0.6) is 5.75 Å². The minimum Gasteiger partial charge on any atom is -0.497 e. The highest BCUT2D eigenvalue weighted by molar-refractivity contribution is 5.85. The summed E-state index contributed by atoms with van der Waals surface area (Å²) in [7, 11) is 1.72. The molecular formula is C21H24N2O. The van der Waals surface area contributed by atoms with Gasteiger partial charge in [0.15, 0.2) is 0 Å². The molecule has 0 aliphatic carbocycles. The van der Waals surface area contributed by atoms with Gasteiger partial charge in [-0.15, -0.1) is 0 Å². The second kappa shape index (κ2) is 6.33. The SMILES string of the molecule is COc1ccc([C@@H](c2c(C)[nH]c3ccccc23)N2CCCC2)cc1. The summed E-state index contributed by atoms with van der Waals surface area (Å²) in [6, 6.07) is 17.5. The van der Waals surface area contributed by atoms with Gasteiger partial charge in [-0.25, -0.2) is 0 Å². The van der Waals surface area contributed by atoms with Gasteiger partial charge in [0.05, 0.1) is 13.2 Å². The van der Waals surface area contributed by atoms with Crippen LogP contribution in [0.15, 0.2) is 48.5 Å². The van der Waals surface area contributed by atoms with Crippen LogP contribution in [-0.4, -0.2) is 30.1 Å². The number of nitrogens with zero attached hydrogens (tertiary/aromatic N) is 1. The molecule has 3 aromatic rings. The van der Waals surface area contributed by atoms with Crippen molar-refractivity contribution in [2.24, 2.45) is 0 Å². The maximum Gasteiger partial charge on any atom is 0.118 e. The fourth-order valence-electron chi connectivity index (χ4n) is 4.00. The predicted octanol–water partition coefficient (Wildman–Crippen LogP) is 4.67. The van der Waals surface area contributed by atoms with Crippen molar-refractivity contribution >= 4 is 10.9 Å². The summed E-state index contributed by atoms with van der Waals surface area (Å²) < 4.78 is 5.34. The third kappa shape index (κ3) is 2.59. The smallest absolute Gasteiger partial charge is 0.118 e. The Hall–Kier alpha value is -2.26. The first-order valence-corrected chi connectivity index (χ1v) is 8.73. The van der Waals surface area contributed by atoms with E-state index in [9.17, 15) is 0 Å². The molecule has 1 N–H and O–H groups in total. The lowest BCUT2D eigenvalue weighted by Crippen LogP contribution is -2.27. The van der Waals surface area contributed by atoms with Gasteiger partial charge >= 0.3 is 0 Å². The van der Waals surface area contributed by atoms with Crippen molar-refractivity contribution in [3.63, 3.8) is 0 Å². The van der Waals surface area contributed by atoms with E-state index in [2.05, 4.69) is 65.3 Å². The predicted molar refractivity (Wildman–Crippen MR) is 98.7 cm³/mol. The van der Waals surface area contributed by atoms with Crippen molar-refractivity contribution in [2.75, 3.05) is 20.2 Å². The maximum absolute atomic E-state index is 5.34. The summed E-state index contributed by atoms with van der Waals surface area (Å²) in [6.07, 6.45) is 2.57. The first-order chi connectivity index (χ1) is 11.8. The number of hydrogen-bond acceptors (Lipinski definition) is 2. The fraction of sp³-hybridized carbons (Fsp3) is 0.333. The number of aromatic amines is 1. The molecule has 1 saturated heterocycles. The molecule has 3 nitrogen and oxygen atoms in total. The Labute approximate surface area is 143 Å². The number of aryl methyl sites for hydroxylation is 1. The van der Waals surface area contributed by atoms with Crippen molar-refractivity contribution in [3.05, 3.63) is 65.4 Å². The summed E-state index contributed by atoms with van der Waals surface area (Å²) in [4.78, 5) is 6.19. The number of nitrogens with one attached hydrogen (secondary N) is 1. The number of aromatic nitrogens is 1. The molecule has 1 atom stereocenters. The van der Waals surface area contributed by atoms with Gasteiger partial charge in [0, 0.05) is 22.2 Å². The van der Waals surface area contributed by atoms with Crippen LogP contribution in [0.2, 0.25) is 0 Å². The molecule has 2 aromatic carbocycles. The standard InChI is InChI=1S/C21H24N2O/c1-15-20(18-7-3-4-8-19(18)22-15)21(23-13-5-6-14-23)16-9-11-17(24-2)12-10-16/h3-4,7-12,21-22H,5-6,13-14H2,1-2H3/t21-/m0/s1. The number of ether oxygens (including phenoxy) is 1. The van der Waals surface area contributed by atoms with E-state index in [1.807, 2.05) is 0 Å². The summed E-state index contributed by atoms with van der Waals surface area (Å²) in [5.41, 5.74) is 5.25. The van der Waals surface area contributed by atoms with E-state index in [1.165, 1.54) is 40.6 Å². The van der Waals surface area contributed by atoms with Gasteiger partial charge in [-0.05, 0) is 56.6 Å². The maximum atomic E-state index is 5.34. The summed E-state index contributed by atoms with van der Waals surface area (Å²) in [5.74, 6) is 0.912. The highest BCUT2D eigenvalue weighted by Gasteiger charge is 2.28. The van der Waals surface area contributed by atoms with Crippen LogP contribution in [0.1, 0.15) is 35.7 Å². The number of likely N-dealkylation sites (tertiary alicyclic amines) is 1. The van der Waals surface area contributed by atoms with Crippen LogP contribution in [-0.2, 0) is 0 Å². The van der Waals surface area contributed by atoms with Crippen LogP contribution < -0.4 is 4.74 Å². The normalized spacial score (nSPS) is 16.6. The molecule has 0 radical (unpaired) electrons. The minimum atomic E-state index is 0.301. The molecule has 0 unspecified atom stereocenters. The first-order valence-electron chi connectivity index (χ1n) is 8.73. The van der Waals surface area contributed by atoms with E-state index >= 15 is 0 Å². The van der Waals surface area contributed by atoms with Gasteiger partial charge in [-0.2, -0.15) is 0 Å². The molecule has 2 heterocycles. The topological polar surface area (TPSA) is 28.3 Å². The molecule has 0 amide bonds. The molecule has 1 aliphatic rings. The number of para-hydroxylation sites is 1. The van der Waals surface area contributed by atoms with Crippen LogP contribution in [0.3, 0.4) is 0 Å². The Morgan fingerprint density at radius 3 is 2.42 bits per heavy atom. The molecule has 124 valence electrons. The number of H-pyrrole nitrogens is 1. The van der Waals surface area contributed by atoms with E-state index in [0.717, 1.165) is 18.8 Å². The second-order valence-electron chi connectivity index (χ2n) is 6.63. The van der Waals surface area contributed by atoms with Crippen molar-refractivity contribution in [3.8, 4) is 5.75 Å². The second-order valence-corrected chi connectivity index (χ2v) is 6.63. The largest absolute Gasteiger partial charge is 0.497 e. The van der Waals surface area contributed by atoms with Crippen molar-refractivity contribution in [2.45, 2.75) is 25.8 Å². The van der Waals surface area contributed by atoms with Gasteiger partial charge in [0.25, 0.3) is 0 Å². The number of rotatable bonds is 4. The minimum absolute atomic E-state index is 0.301. The van der Waals surface area contributed by atoms with Gasteiger partial charge in [0.1, 0.15) is 5.75 Å². The summed E-state index contributed by atoms with van der Waals surface area (Å²) in [5, 5.41) is 1.34. The highest BCUT2D eigenvalue weighted by Crippen LogP contribution is 2.38. The van der Waals surface area contributed by atoms with Gasteiger partial charge in [-0.3, -0.25) is 4.90 Å². The van der Waals surface area contributed by atoms with E-state index in [1.54, 1.807) is 7.11 Å². The number of fused-ring (bicyclic) bond motifs is 1. The van der Waals surface area contributed by atoms with Crippen LogP contribution >= 0.6 is 0 Å². The molecule has 4 rings (SSSR count). The zero-order chi connectivity index (χ0) is 16.5. The third-order valence-electron chi connectivity index (χ3n) is 5.15. The van der Waals surface area contributed by atoms with Crippen LogP contribution in [0, 0.1) is 6.92 Å². The monoisotopic (exact) mass is 320 g/mol. The van der Waals surface area contributed by atoms with Crippen molar-refractivity contribution in [1.82, 2.24) is 9.88 Å². The zero-order valence-corrected chi connectivity index (χ0v) is 14.4. The van der Waals surface area contributed by atoms with Crippen LogP contribution in [0.4, 0.5) is 0 Å². The molecule has 1 aliphatic heterocycles. The van der Waals surface area contributed by atoms with Crippen molar-refractivity contribution in [1.29, 1.82) is 0 Å². The van der Waals surface area contributed by atoms with E-state index in [-0.39, 0.29) is 0 Å². The van der Waals surface area contributed by atoms with Crippen LogP contribution in [0.25, 0.3) is 10.9 Å². The number of hydrogen-bond donors (Lipinski definition) is 1. The fourth-order valence-corrected chi connectivity index (χ4v) is 4.00. The summed E-state index contributed by atoms with van der Waals surface area (Å²) in [6.45, 7) is 4.52.